The second-order valence-corrected chi connectivity index (χ2v) is 8.50. The minimum absolute atomic E-state index is 0.0370. The molecule has 1 aromatic heterocycles. The van der Waals surface area contributed by atoms with Gasteiger partial charge in [-0.05, 0) is 61.4 Å². The monoisotopic (exact) mass is 390 g/mol. The summed E-state index contributed by atoms with van der Waals surface area (Å²) in [6.45, 7) is 4.78. The molecule has 1 saturated carbocycles. The normalized spacial score (nSPS) is 21.5. The third-order valence-corrected chi connectivity index (χ3v) is 6.97. The highest BCUT2D eigenvalue weighted by Crippen LogP contribution is 2.43. The number of benzene rings is 2. The molecule has 0 spiro atoms. The number of fused-ring (bicyclic) bond motifs is 2. The lowest BCUT2D eigenvalue weighted by Crippen LogP contribution is -2.39. The van der Waals surface area contributed by atoms with Crippen molar-refractivity contribution in [1.82, 2.24) is 4.57 Å². The molecule has 150 valence electrons. The minimum Gasteiger partial charge on any atom is -0.370 e. The molecule has 5 rings (SSSR count). The summed E-state index contributed by atoms with van der Waals surface area (Å²) in [6, 6.07) is 14.6. The zero-order valence-electron chi connectivity index (χ0n) is 16.9. The number of rotatable bonds is 3. The van der Waals surface area contributed by atoms with Gasteiger partial charge in [0.2, 0.25) is 0 Å². The van der Waals surface area contributed by atoms with Gasteiger partial charge in [-0.1, -0.05) is 31.0 Å². The first-order valence-corrected chi connectivity index (χ1v) is 10.8. The Hall–Kier alpha value is -2.62. The lowest BCUT2D eigenvalue weighted by molar-refractivity contribution is 0.324. The molecule has 1 aliphatic heterocycles. The molecular formula is C25H27FN2O. The number of pyridine rings is 1. The van der Waals surface area contributed by atoms with E-state index in [2.05, 4.69) is 11.0 Å². The van der Waals surface area contributed by atoms with Crippen molar-refractivity contribution in [3.63, 3.8) is 0 Å². The number of hydrogen-bond acceptors (Lipinski definition) is 2. The summed E-state index contributed by atoms with van der Waals surface area (Å²) in [4.78, 5) is 14.9. The van der Waals surface area contributed by atoms with Gasteiger partial charge in [0.15, 0.2) is 0 Å². The summed E-state index contributed by atoms with van der Waals surface area (Å²) in [5, 5.41) is 1.12. The van der Waals surface area contributed by atoms with E-state index in [1.165, 1.54) is 43.5 Å². The van der Waals surface area contributed by atoms with Crippen LogP contribution in [0.5, 0.6) is 0 Å². The highest BCUT2D eigenvalue weighted by Gasteiger charge is 2.34. The smallest absolute Gasteiger partial charge is 0.251 e. The van der Waals surface area contributed by atoms with E-state index in [9.17, 15) is 9.18 Å². The fourth-order valence-electron chi connectivity index (χ4n) is 5.52. The Labute approximate surface area is 170 Å². The number of hydrogen-bond donors (Lipinski definition) is 0. The van der Waals surface area contributed by atoms with Gasteiger partial charge in [0.1, 0.15) is 5.82 Å². The maximum Gasteiger partial charge on any atom is 0.251 e. The van der Waals surface area contributed by atoms with Crippen LogP contribution in [0.3, 0.4) is 0 Å². The van der Waals surface area contributed by atoms with E-state index in [1.807, 2.05) is 35.8 Å². The maximum atomic E-state index is 13.6. The van der Waals surface area contributed by atoms with Crippen LogP contribution >= 0.6 is 0 Å². The van der Waals surface area contributed by atoms with Crippen molar-refractivity contribution in [2.24, 2.45) is 11.8 Å². The molecule has 0 unspecified atom stereocenters. The van der Waals surface area contributed by atoms with E-state index in [0.717, 1.165) is 47.0 Å². The molecule has 1 saturated heterocycles. The van der Waals surface area contributed by atoms with Crippen molar-refractivity contribution in [2.45, 2.75) is 39.2 Å². The van der Waals surface area contributed by atoms with Crippen molar-refractivity contribution in [1.29, 1.82) is 0 Å². The highest BCUT2D eigenvalue weighted by atomic mass is 19.1. The average molecular weight is 391 g/mol. The molecule has 2 aliphatic rings. The van der Waals surface area contributed by atoms with Gasteiger partial charge in [-0.2, -0.15) is 0 Å². The van der Waals surface area contributed by atoms with Crippen LogP contribution < -0.4 is 10.5 Å². The zero-order chi connectivity index (χ0) is 20.0. The molecule has 0 bridgehead atoms. The summed E-state index contributed by atoms with van der Waals surface area (Å²) in [6.07, 6.45) is 5.27. The number of nitrogens with zero attached hydrogens (tertiary/aromatic N) is 2. The van der Waals surface area contributed by atoms with Gasteiger partial charge in [0.25, 0.3) is 5.56 Å². The Kier molecular flexibility index (Phi) is 4.65. The lowest BCUT2D eigenvalue weighted by Gasteiger charge is -2.38. The second kappa shape index (κ2) is 7.33. The molecule has 29 heavy (non-hydrogen) atoms. The highest BCUT2D eigenvalue weighted by molar-refractivity contribution is 6.00. The molecule has 0 N–H and O–H groups in total. The lowest BCUT2D eigenvalue weighted by atomic mass is 9.87. The van der Waals surface area contributed by atoms with E-state index in [0.29, 0.717) is 6.54 Å². The van der Waals surface area contributed by atoms with Gasteiger partial charge in [0, 0.05) is 36.7 Å². The van der Waals surface area contributed by atoms with E-state index in [1.54, 1.807) is 6.07 Å². The molecule has 3 nitrogen and oxygen atoms in total. The van der Waals surface area contributed by atoms with E-state index in [4.69, 9.17) is 0 Å². The van der Waals surface area contributed by atoms with Crippen LogP contribution in [0.15, 0.2) is 53.3 Å². The zero-order valence-corrected chi connectivity index (χ0v) is 16.9. The van der Waals surface area contributed by atoms with Gasteiger partial charge in [-0.3, -0.25) is 4.79 Å². The van der Waals surface area contributed by atoms with Crippen molar-refractivity contribution in [3.05, 3.63) is 64.7 Å². The van der Waals surface area contributed by atoms with Crippen molar-refractivity contribution in [2.75, 3.05) is 18.0 Å². The second-order valence-electron chi connectivity index (χ2n) is 8.50. The van der Waals surface area contributed by atoms with Crippen LogP contribution in [-0.4, -0.2) is 17.7 Å². The SMILES string of the molecule is CCn1c(=O)ccc2c(N3CC[C@H]4CCC[C@@H]4C3)c(-c3ccc(F)cc3)ccc21. The summed E-state index contributed by atoms with van der Waals surface area (Å²) in [5.41, 5.74) is 4.35. The third-order valence-electron chi connectivity index (χ3n) is 6.97. The van der Waals surface area contributed by atoms with Crippen LogP contribution in [0.25, 0.3) is 22.0 Å². The molecule has 2 aromatic carbocycles. The largest absolute Gasteiger partial charge is 0.370 e. The first kappa shape index (κ1) is 18.4. The van der Waals surface area contributed by atoms with Gasteiger partial charge < -0.3 is 9.47 Å². The van der Waals surface area contributed by atoms with Gasteiger partial charge >= 0.3 is 0 Å². The van der Waals surface area contributed by atoms with Crippen LogP contribution in [0.2, 0.25) is 0 Å². The van der Waals surface area contributed by atoms with Crippen LogP contribution in [0.1, 0.15) is 32.6 Å². The minimum atomic E-state index is -0.220. The number of aryl methyl sites for hydroxylation is 1. The maximum absolute atomic E-state index is 13.6. The standard InChI is InChI=1S/C25H27FN2O/c1-2-28-23-12-10-21(18-6-8-20(26)9-7-18)25(22(23)11-13-24(28)29)27-15-14-17-4-3-5-19(17)16-27/h6-13,17,19H,2-5,14-16H2,1H3/t17-,19-/m1/s1. The van der Waals surface area contributed by atoms with Crippen LogP contribution in [0.4, 0.5) is 10.1 Å². The van der Waals surface area contributed by atoms with Crippen LogP contribution in [-0.2, 0) is 6.54 Å². The molecule has 2 atom stereocenters. The van der Waals surface area contributed by atoms with Gasteiger partial charge in [0.05, 0.1) is 11.2 Å². The van der Waals surface area contributed by atoms with E-state index >= 15 is 0 Å². The van der Waals surface area contributed by atoms with E-state index < -0.39 is 0 Å². The quantitative estimate of drug-likeness (QED) is 0.594. The molecule has 3 aromatic rings. The molecule has 2 fully saturated rings. The molecule has 1 aliphatic carbocycles. The number of piperidine rings is 1. The number of halogens is 1. The Balaban J connectivity index is 1.72. The molecule has 0 amide bonds. The van der Waals surface area contributed by atoms with Crippen LogP contribution in [0, 0.1) is 17.7 Å². The first-order valence-electron chi connectivity index (χ1n) is 10.8. The molecule has 0 radical (unpaired) electrons. The third kappa shape index (κ3) is 3.15. The summed E-state index contributed by atoms with van der Waals surface area (Å²) < 4.78 is 15.4. The fourth-order valence-corrected chi connectivity index (χ4v) is 5.52. The average Bonchev–Trinajstić information content (AvgIpc) is 3.21. The summed E-state index contributed by atoms with van der Waals surface area (Å²) in [5.74, 6) is 1.41. The summed E-state index contributed by atoms with van der Waals surface area (Å²) in [7, 11) is 0. The fraction of sp³-hybridized carbons (Fsp3) is 0.400. The van der Waals surface area contributed by atoms with Crippen molar-refractivity contribution >= 4 is 16.6 Å². The first-order chi connectivity index (χ1) is 14.2. The Bertz CT molecular complexity index is 1100. The molecule has 2 heterocycles. The van der Waals surface area contributed by atoms with Crippen molar-refractivity contribution in [3.8, 4) is 11.1 Å². The predicted octanol–water partition coefficient (Wildman–Crippen LogP) is 5.45. The Morgan fingerprint density at radius 2 is 1.76 bits per heavy atom. The predicted molar refractivity (Wildman–Crippen MR) is 117 cm³/mol. The number of aromatic nitrogens is 1. The van der Waals surface area contributed by atoms with Gasteiger partial charge in [-0.25, -0.2) is 4.39 Å². The molecular weight excluding hydrogens is 363 g/mol. The number of anilines is 1. The topological polar surface area (TPSA) is 25.2 Å². The molecule has 4 heteroatoms. The summed E-state index contributed by atoms with van der Waals surface area (Å²) >= 11 is 0. The van der Waals surface area contributed by atoms with Gasteiger partial charge in [-0.15, -0.1) is 0 Å². The van der Waals surface area contributed by atoms with E-state index in [-0.39, 0.29) is 11.4 Å². The van der Waals surface area contributed by atoms with Crippen molar-refractivity contribution < 1.29 is 4.39 Å². The Morgan fingerprint density at radius 3 is 2.55 bits per heavy atom. The Morgan fingerprint density at radius 1 is 0.966 bits per heavy atom.